The topological polar surface area (TPSA) is 85.6 Å². The smallest absolute Gasteiger partial charge is 0.232 e. The first-order chi connectivity index (χ1) is 16.0. The highest BCUT2D eigenvalue weighted by Crippen LogP contribution is 2.42. The third kappa shape index (κ3) is 4.01. The van der Waals surface area contributed by atoms with Crippen molar-refractivity contribution >= 4 is 33.3 Å². The van der Waals surface area contributed by atoms with E-state index in [2.05, 4.69) is 55.9 Å². The second-order valence-corrected chi connectivity index (χ2v) is 9.18. The fourth-order valence-corrected chi connectivity index (χ4v) is 4.65. The van der Waals surface area contributed by atoms with E-state index in [-0.39, 0.29) is 11.8 Å². The van der Waals surface area contributed by atoms with Gasteiger partial charge in [0.15, 0.2) is 0 Å². The molecule has 7 nitrogen and oxygen atoms in total. The van der Waals surface area contributed by atoms with E-state index in [9.17, 15) is 4.79 Å². The Hall–Kier alpha value is -3.91. The van der Waals surface area contributed by atoms with Gasteiger partial charge in [-0.3, -0.25) is 9.78 Å². The van der Waals surface area contributed by atoms with Crippen LogP contribution in [-0.2, 0) is 4.79 Å². The van der Waals surface area contributed by atoms with E-state index < -0.39 is 5.41 Å². The van der Waals surface area contributed by atoms with Crippen LogP contribution in [0.3, 0.4) is 0 Å². The van der Waals surface area contributed by atoms with Gasteiger partial charge in [0, 0.05) is 23.7 Å². The van der Waals surface area contributed by atoms with Crippen LogP contribution in [0.25, 0.3) is 16.6 Å². The number of hydrogen-bond donors (Lipinski definition) is 1. The average Bonchev–Trinajstić information content (AvgIpc) is 3.50. The fraction of sp³-hybridized carbons (Fsp3) is 0.160. The van der Waals surface area contributed by atoms with Gasteiger partial charge >= 0.3 is 0 Å². The molecule has 0 radical (unpaired) electrons. The van der Waals surface area contributed by atoms with Gasteiger partial charge in [0.1, 0.15) is 5.51 Å². The molecule has 0 spiro atoms. The quantitative estimate of drug-likeness (QED) is 0.387. The number of carbonyl (C=O) groups is 1. The monoisotopic (exact) mass is 454 g/mol. The van der Waals surface area contributed by atoms with E-state index >= 15 is 0 Å². The highest BCUT2D eigenvalue weighted by Gasteiger charge is 2.39. The molecule has 3 heterocycles. The summed E-state index contributed by atoms with van der Waals surface area (Å²) in [5.41, 5.74) is 4.89. The van der Waals surface area contributed by atoms with Crippen molar-refractivity contribution in [2.45, 2.75) is 19.8 Å². The number of amides is 1. The molecule has 1 N–H and O–H groups in total. The van der Waals surface area contributed by atoms with Gasteiger partial charge in [0.2, 0.25) is 11.0 Å². The van der Waals surface area contributed by atoms with Gasteiger partial charge in [-0.2, -0.15) is 5.10 Å². The van der Waals surface area contributed by atoms with Crippen molar-refractivity contribution in [3.05, 3.63) is 95.9 Å². The molecule has 5 aromatic rings. The molecule has 0 saturated carbocycles. The number of nitrogens with one attached hydrogen (secondary N) is 1. The number of pyridine rings is 1. The number of hydrogen-bond acceptors (Lipinski definition) is 6. The van der Waals surface area contributed by atoms with E-state index in [1.165, 1.54) is 11.3 Å². The van der Waals surface area contributed by atoms with Gasteiger partial charge < -0.3 is 5.32 Å². The van der Waals surface area contributed by atoms with Crippen LogP contribution in [0, 0.1) is 5.41 Å². The minimum atomic E-state index is -0.762. The molecule has 1 amide bonds. The van der Waals surface area contributed by atoms with E-state index in [4.69, 9.17) is 0 Å². The Morgan fingerprint density at radius 2 is 1.82 bits per heavy atom. The minimum Gasteiger partial charge on any atom is -0.300 e. The summed E-state index contributed by atoms with van der Waals surface area (Å²) in [7, 11) is 0. The Morgan fingerprint density at radius 1 is 1.03 bits per heavy atom. The molecule has 5 rings (SSSR count). The fourth-order valence-electron chi connectivity index (χ4n) is 4.21. The van der Waals surface area contributed by atoms with Crippen LogP contribution < -0.4 is 5.32 Å². The summed E-state index contributed by atoms with van der Waals surface area (Å²) in [5, 5.41) is 16.8. The van der Waals surface area contributed by atoms with E-state index in [1.807, 2.05) is 55.1 Å². The number of anilines is 1. The maximum Gasteiger partial charge on any atom is 0.232 e. The van der Waals surface area contributed by atoms with E-state index in [0.29, 0.717) is 5.13 Å². The van der Waals surface area contributed by atoms with Gasteiger partial charge in [-0.15, -0.1) is 10.2 Å². The van der Waals surface area contributed by atoms with E-state index in [1.54, 1.807) is 17.9 Å². The van der Waals surface area contributed by atoms with Crippen LogP contribution >= 0.6 is 11.3 Å². The van der Waals surface area contributed by atoms with Gasteiger partial charge in [-0.1, -0.05) is 61.6 Å². The van der Waals surface area contributed by atoms with Crippen molar-refractivity contribution in [3.63, 3.8) is 0 Å². The van der Waals surface area contributed by atoms with Crippen molar-refractivity contribution in [1.29, 1.82) is 0 Å². The molecule has 1 atom stereocenters. The van der Waals surface area contributed by atoms with E-state index in [0.717, 1.165) is 27.7 Å². The molecule has 33 heavy (non-hydrogen) atoms. The molecule has 0 saturated heterocycles. The molecule has 164 valence electrons. The van der Waals surface area contributed by atoms with Crippen LogP contribution in [0.2, 0.25) is 0 Å². The maximum atomic E-state index is 13.4. The first kappa shape index (κ1) is 21.0. The molecule has 2 aromatic carbocycles. The second-order valence-electron chi connectivity index (χ2n) is 8.34. The summed E-state index contributed by atoms with van der Waals surface area (Å²) >= 11 is 1.30. The Kier molecular flexibility index (Phi) is 5.43. The van der Waals surface area contributed by atoms with Crippen LogP contribution in [-0.4, -0.2) is 30.9 Å². The Labute approximate surface area is 195 Å². The average molecular weight is 455 g/mol. The lowest BCUT2D eigenvalue weighted by Gasteiger charge is -2.33. The van der Waals surface area contributed by atoms with Crippen LogP contribution in [0.15, 0.2) is 84.8 Å². The lowest BCUT2D eigenvalue weighted by atomic mass is 9.70. The van der Waals surface area contributed by atoms with Crippen molar-refractivity contribution in [2.75, 3.05) is 5.32 Å². The number of fused-ring (bicyclic) bond motifs is 1. The Balaban J connectivity index is 1.58. The first-order valence-corrected chi connectivity index (χ1v) is 11.4. The van der Waals surface area contributed by atoms with Crippen LogP contribution in [0.5, 0.6) is 0 Å². The molecule has 3 aromatic heterocycles. The highest BCUT2D eigenvalue weighted by molar-refractivity contribution is 7.13. The SMILES string of the molecule is CC(C)(C(=O)Nc1nncs1)C(c1ccccc1)c1ccc2c(cnn2-c2ccncc2)c1. The van der Waals surface area contributed by atoms with Crippen molar-refractivity contribution in [2.24, 2.45) is 5.41 Å². The number of nitrogens with zero attached hydrogens (tertiary/aromatic N) is 5. The van der Waals surface area contributed by atoms with Gasteiger partial charge in [-0.05, 0) is 35.4 Å². The van der Waals surface area contributed by atoms with Gasteiger partial charge in [0.05, 0.1) is 22.8 Å². The Morgan fingerprint density at radius 3 is 2.55 bits per heavy atom. The summed E-state index contributed by atoms with van der Waals surface area (Å²) in [6.07, 6.45) is 5.36. The molecule has 8 heteroatoms. The molecule has 0 fully saturated rings. The molecule has 0 aliphatic carbocycles. The van der Waals surface area contributed by atoms with Crippen molar-refractivity contribution in [1.82, 2.24) is 25.0 Å². The van der Waals surface area contributed by atoms with Crippen LogP contribution in [0.4, 0.5) is 5.13 Å². The lowest BCUT2D eigenvalue weighted by molar-refractivity contribution is -0.124. The maximum absolute atomic E-state index is 13.4. The predicted molar refractivity (Wildman–Crippen MR) is 129 cm³/mol. The summed E-state index contributed by atoms with van der Waals surface area (Å²) in [6.45, 7) is 3.93. The zero-order valence-corrected chi connectivity index (χ0v) is 19.0. The third-order valence-electron chi connectivity index (χ3n) is 5.85. The van der Waals surface area contributed by atoms with Gasteiger partial charge in [-0.25, -0.2) is 4.68 Å². The highest BCUT2D eigenvalue weighted by atomic mass is 32.1. The zero-order valence-electron chi connectivity index (χ0n) is 18.2. The number of carbonyl (C=O) groups excluding carboxylic acids is 1. The number of aromatic nitrogens is 5. The first-order valence-electron chi connectivity index (χ1n) is 10.5. The molecule has 0 aliphatic rings. The van der Waals surface area contributed by atoms with Crippen molar-refractivity contribution in [3.8, 4) is 5.69 Å². The van der Waals surface area contributed by atoms with Crippen LogP contribution in [0.1, 0.15) is 30.9 Å². The molecular weight excluding hydrogens is 432 g/mol. The lowest BCUT2D eigenvalue weighted by Crippen LogP contribution is -2.37. The Bertz CT molecular complexity index is 1380. The standard InChI is InChI=1S/C25H22N6OS/c1-25(2,23(32)29-24-30-27-16-33-24)22(17-6-4-3-5-7-17)18-8-9-21-19(14-18)15-28-31(21)20-10-12-26-13-11-20/h3-16,22H,1-2H3,(H,29,30,32). The second kappa shape index (κ2) is 8.55. The predicted octanol–water partition coefficient (Wildman–Crippen LogP) is 5.07. The summed E-state index contributed by atoms with van der Waals surface area (Å²) < 4.78 is 1.89. The minimum absolute atomic E-state index is 0.110. The number of benzene rings is 2. The molecular formula is C25H22N6OS. The summed E-state index contributed by atoms with van der Waals surface area (Å²) in [5.74, 6) is -0.291. The normalized spacial score (nSPS) is 12.5. The zero-order chi connectivity index (χ0) is 22.8. The van der Waals surface area contributed by atoms with Crippen molar-refractivity contribution < 1.29 is 4.79 Å². The molecule has 0 aliphatic heterocycles. The number of rotatable bonds is 6. The largest absolute Gasteiger partial charge is 0.300 e. The molecule has 1 unspecified atom stereocenters. The summed E-state index contributed by atoms with van der Waals surface area (Å²) in [4.78, 5) is 17.5. The third-order valence-corrected chi connectivity index (χ3v) is 6.46. The van der Waals surface area contributed by atoms with Gasteiger partial charge in [0.25, 0.3) is 0 Å². The molecule has 0 bridgehead atoms. The summed E-state index contributed by atoms with van der Waals surface area (Å²) in [6, 6.07) is 20.2.